The van der Waals surface area contributed by atoms with Crippen LogP contribution >= 0.6 is 0 Å². The van der Waals surface area contributed by atoms with E-state index < -0.39 is 6.01 Å². The molecule has 0 fully saturated rings. The van der Waals surface area contributed by atoms with Crippen molar-refractivity contribution < 1.29 is 13.9 Å². The Morgan fingerprint density at radius 1 is 1.57 bits per heavy atom. The summed E-state index contributed by atoms with van der Waals surface area (Å²) in [6, 6.07) is -0.819. The van der Waals surface area contributed by atoms with Gasteiger partial charge in [0, 0.05) is 0 Å². The molecule has 0 aromatic rings. The lowest BCUT2D eigenvalue weighted by molar-refractivity contribution is 0.0526. The molecule has 0 unspecified atom stereocenters. The molecule has 0 aromatic heterocycles. The van der Waals surface area contributed by atoms with Gasteiger partial charge < -0.3 is 15.2 Å². The van der Waals surface area contributed by atoms with Gasteiger partial charge in [0.1, 0.15) is 0 Å². The van der Waals surface area contributed by atoms with Crippen LogP contribution < -0.4 is 5.73 Å². The van der Waals surface area contributed by atoms with Crippen LogP contribution in [-0.4, -0.2) is 6.79 Å². The Morgan fingerprint density at radius 3 is 2.43 bits per heavy atom. The van der Waals surface area contributed by atoms with E-state index in [0.29, 0.717) is 0 Å². The van der Waals surface area contributed by atoms with E-state index in [4.69, 9.17) is 5.73 Å². The summed E-state index contributed by atoms with van der Waals surface area (Å²) in [6.45, 7) is -0.0995. The Labute approximate surface area is 39.5 Å². The predicted octanol–water partition coefficient (Wildman–Crippen LogP) is 0.0455. The summed E-state index contributed by atoms with van der Waals surface area (Å²) in [7, 11) is 0. The van der Waals surface area contributed by atoms with Crippen LogP contribution in [0.2, 0.25) is 0 Å². The average molecular weight is 105 g/mol. The Hall–Kier alpha value is -0.930. The Bertz CT molecular complexity index is 99.5. The molecule has 0 atom stereocenters. The van der Waals surface area contributed by atoms with E-state index in [1.54, 1.807) is 0 Å². The van der Waals surface area contributed by atoms with Gasteiger partial charge >= 0.3 is 6.01 Å². The van der Waals surface area contributed by atoms with Gasteiger partial charge in [-0.1, -0.05) is 0 Å². The highest BCUT2D eigenvalue weighted by atomic mass is 19.1. The molecule has 0 radical (unpaired) electrons. The molecule has 2 N–H and O–H groups in total. The standard InChI is InChI=1S/C3H4FNO2/c4-2-3(5)7-1-6-2/h1,5H2. The van der Waals surface area contributed by atoms with Crippen LogP contribution in [0.5, 0.6) is 0 Å². The van der Waals surface area contributed by atoms with E-state index >= 15 is 0 Å². The second-order valence-electron chi connectivity index (χ2n) is 1.04. The summed E-state index contributed by atoms with van der Waals surface area (Å²) < 4.78 is 20.2. The molecule has 1 aliphatic rings. The van der Waals surface area contributed by atoms with Gasteiger partial charge in [0.05, 0.1) is 0 Å². The minimum Gasteiger partial charge on any atom is -0.437 e. The van der Waals surface area contributed by atoms with Gasteiger partial charge in [0.2, 0.25) is 6.79 Å². The highest BCUT2D eigenvalue weighted by Gasteiger charge is 2.11. The van der Waals surface area contributed by atoms with E-state index in [1.807, 2.05) is 0 Å². The highest BCUT2D eigenvalue weighted by Crippen LogP contribution is 2.10. The van der Waals surface area contributed by atoms with Crippen LogP contribution in [-0.2, 0) is 9.47 Å². The number of hydrogen-bond acceptors (Lipinski definition) is 3. The topological polar surface area (TPSA) is 44.5 Å². The largest absolute Gasteiger partial charge is 0.437 e. The van der Waals surface area contributed by atoms with Gasteiger partial charge in [-0.3, -0.25) is 0 Å². The van der Waals surface area contributed by atoms with E-state index in [9.17, 15) is 4.39 Å². The molecule has 7 heavy (non-hydrogen) atoms. The quantitative estimate of drug-likeness (QED) is 0.473. The van der Waals surface area contributed by atoms with E-state index in [2.05, 4.69) is 9.47 Å². The zero-order chi connectivity index (χ0) is 5.28. The SMILES string of the molecule is NC1=C(F)OCO1. The van der Waals surface area contributed by atoms with Crippen LogP contribution in [0.25, 0.3) is 0 Å². The van der Waals surface area contributed by atoms with Gasteiger partial charge in [0.25, 0.3) is 5.88 Å². The third-order valence-corrected chi connectivity index (χ3v) is 0.594. The summed E-state index contributed by atoms with van der Waals surface area (Å²) in [5.41, 5.74) is 4.84. The Balaban J connectivity index is 2.64. The molecule has 1 aliphatic heterocycles. The van der Waals surface area contributed by atoms with Crippen molar-refractivity contribution in [3.63, 3.8) is 0 Å². The first kappa shape index (κ1) is 4.23. The molecule has 3 nitrogen and oxygen atoms in total. The normalized spacial score (nSPS) is 19.0. The lowest BCUT2D eigenvalue weighted by Crippen LogP contribution is -1.96. The molecule has 0 amide bonds. The maximum atomic E-state index is 11.7. The van der Waals surface area contributed by atoms with Crippen molar-refractivity contribution in [3.8, 4) is 0 Å². The second-order valence-corrected chi connectivity index (χ2v) is 1.04. The third-order valence-electron chi connectivity index (χ3n) is 0.594. The summed E-state index contributed by atoms with van der Waals surface area (Å²) >= 11 is 0. The van der Waals surface area contributed by atoms with Crippen LogP contribution in [0.4, 0.5) is 4.39 Å². The van der Waals surface area contributed by atoms with E-state index in [0.717, 1.165) is 0 Å². The monoisotopic (exact) mass is 105 g/mol. The van der Waals surface area contributed by atoms with Crippen molar-refractivity contribution in [2.45, 2.75) is 0 Å². The average Bonchev–Trinajstić information content (AvgIpc) is 1.91. The van der Waals surface area contributed by atoms with Crippen molar-refractivity contribution in [2.24, 2.45) is 5.73 Å². The highest BCUT2D eigenvalue weighted by molar-refractivity contribution is 4.89. The van der Waals surface area contributed by atoms with Crippen LogP contribution in [0.15, 0.2) is 11.9 Å². The molecule has 1 heterocycles. The summed E-state index contributed by atoms with van der Waals surface area (Å²) in [4.78, 5) is 0. The van der Waals surface area contributed by atoms with Gasteiger partial charge in [-0.25, -0.2) is 0 Å². The minimum atomic E-state index is -0.819. The van der Waals surface area contributed by atoms with Crippen LogP contribution in [0, 0.1) is 0 Å². The number of ether oxygens (including phenoxy) is 2. The fourth-order valence-electron chi connectivity index (χ4n) is 0.273. The fraction of sp³-hybridized carbons (Fsp3) is 0.333. The molecule has 0 saturated heterocycles. The third kappa shape index (κ3) is 0.581. The number of hydrogen-bond donors (Lipinski definition) is 1. The summed E-state index contributed by atoms with van der Waals surface area (Å²) in [5.74, 6) is -0.264. The van der Waals surface area contributed by atoms with Gasteiger partial charge in [-0.15, -0.1) is 0 Å². The predicted molar refractivity (Wildman–Crippen MR) is 19.4 cm³/mol. The smallest absolute Gasteiger partial charge is 0.336 e. The molecule has 1 rings (SSSR count). The van der Waals surface area contributed by atoms with Crippen molar-refractivity contribution in [3.05, 3.63) is 11.9 Å². The van der Waals surface area contributed by atoms with Crippen molar-refractivity contribution in [1.29, 1.82) is 0 Å². The first-order valence-corrected chi connectivity index (χ1v) is 1.71. The second kappa shape index (κ2) is 1.29. The lowest BCUT2D eigenvalue weighted by Gasteiger charge is -1.85. The van der Waals surface area contributed by atoms with Gasteiger partial charge in [-0.2, -0.15) is 4.39 Å². The van der Waals surface area contributed by atoms with Crippen molar-refractivity contribution in [1.82, 2.24) is 0 Å². The maximum Gasteiger partial charge on any atom is 0.336 e. The molecule has 0 aromatic carbocycles. The number of rotatable bonds is 0. The fourth-order valence-corrected chi connectivity index (χ4v) is 0.273. The first-order chi connectivity index (χ1) is 3.30. The Kier molecular flexibility index (Phi) is 0.780. The van der Waals surface area contributed by atoms with Crippen molar-refractivity contribution in [2.75, 3.05) is 6.79 Å². The molecule has 40 valence electrons. The molecule has 4 heteroatoms. The number of nitrogens with two attached hydrogens (primary N) is 1. The van der Waals surface area contributed by atoms with E-state index in [1.165, 1.54) is 0 Å². The zero-order valence-corrected chi connectivity index (χ0v) is 3.48. The molecule has 0 saturated carbocycles. The molecule has 0 aliphatic carbocycles. The minimum absolute atomic E-state index is 0.0995. The van der Waals surface area contributed by atoms with Crippen LogP contribution in [0.3, 0.4) is 0 Å². The van der Waals surface area contributed by atoms with Crippen LogP contribution in [0.1, 0.15) is 0 Å². The summed E-state index contributed by atoms with van der Waals surface area (Å²) in [6.07, 6.45) is 0. The molecule has 0 bridgehead atoms. The first-order valence-electron chi connectivity index (χ1n) is 1.71. The number of halogens is 1. The maximum absolute atomic E-state index is 11.7. The van der Waals surface area contributed by atoms with Gasteiger partial charge in [0.15, 0.2) is 0 Å². The van der Waals surface area contributed by atoms with Crippen molar-refractivity contribution >= 4 is 0 Å². The summed E-state index contributed by atoms with van der Waals surface area (Å²) in [5, 5.41) is 0. The molecular weight excluding hydrogens is 101 g/mol. The molecule has 0 spiro atoms. The Morgan fingerprint density at radius 2 is 2.29 bits per heavy atom. The molecular formula is C3H4FNO2. The van der Waals surface area contributed by atoms with E-state index in [-0.39, 0.29) is 12.7 Å². The van der Waals surface area contributed by atoms with Gasteiger partial charge in [-0.05, 0) is 0 Å². The lowest BCUT2D eigenvalue weighted by atomic mass is 10.9. The zero-order valence-electron chi connectivity index (χ0n) is 3.48.